The topological polar surface area (TPSA) is 12.0 Å². The first-order valence-corrected chi connectivity index (χ1v) is 8.83. The van der Waals surface area contributed by atoms with Gasteiger partial charge in [0, 0.05) is 16.2 Å². The second-order valence-corrected chi connectivity index (χ2v) is 8.32. The van der Waals surface area contributed by atoms with Crippen LogP contribution in [-0.4, -0.2) is 17.8 Å². The van der Waals surface area contributed by atoms with Crippen LogP contribution in [0.25, 0.3) is 0 Å². The van der Waals surface area contributed by atoms with E-state index in [9.17, 15) is 0 Å². The highest BCUT2D eigenvalue weighted by atomic mass is 32.2. The fourth-order valence-electron chi connectivity index (χ4n) is 3.22. The number of thioether (sulfide) groups is 1. The molecule has 1 aliphatic rings. The van der Waals surface area contributed by atoms with E-state index in [1.54, 1.807) is 0 Å². The van der Waals surface area contributed by atoms with Gasteiger partial charge in [-0.25, -0.2) is 0 Å². The van der Waals surface area contributed by atoms with Crippen LogP contribution in [0.5, 0.6) is 0 Å². The van der Waals surface area contributed by atoms with Gasteiger partial charge in [-0.2, -0.15) is 0 Å². The van der Waals surface area contributed by atoms with E-state index >= 15 is 0 Å². The summed E-state index contributed by atoms with van der Waals surface area (Å²) in [5, 5.41) is 4.41. The monoisotopic (exact) mass is 291 g/mol. The lowest BCUT2D eigenvalue weighted by Crippen LogP contribution is -2.44. The molecule has 0 saturated heterocycles. The average Bonchev–Trinajstić information content (AvgIpc) is 2.41. The van der Waals surface area contributed by atoms with E-state index in [0.717, 1.165) is 12.5 Å². The van der Waals surface area contributed by atoms with Crippen molar-refractivity contribution in [2.24, 2.45) is 11.3 Å². The van der Waals surface area contributed by atoms with E-state index in [-0.39, 0.29) is 0 Å². The van der Waals surface area contributed by atoms with Crippen molar-refractivity contribution >= 4 is 11.8 Å². The first-order valence-electron chi connectivity index (χ1n) is 7.95. The summed E-state index contributed by atoms with van der Waals surface area (Å²) in [4.78, 5) is 1.41. The van der Waals surface area contributed by atoms with Crippen molar-refractivity contribution in [1.82, 2.24) is 5.32 Å². The van der Waals surface area contributed by atoms with Gasteiger partial charge in [0.1, 0.15) is 0 Å². The van der Waals surface area contributed by atoms with Gasteiger partial charge in [-0.3, -0.25) is 0 Å². The average molecular weight is 292 g/mol. The Hall–Kier alpha value is -0.470. The Morgan fingerprint density at radius 2 is 1.85 bits per heavy atom. The van der Waals surface area contributed by atoms with Gasteiger partial charge >= 0.3 is 0 Å². The molecule has 0 bridgehead atoms. The SMILES string of the molecule is CCNC1CCC(C(C)(C)C)CC1Sc1ccccc1. The van der Waals surface area contributed by atoms with Crippen LogP contribution in [0.15, 0.2) is 35.2 Å². The molecule has 0 aliphatic heterocycles. The van der Waals surface area contributed by atoms with Gasteiger partial charge in [-0.15, -0.1) is 11.8 Å². The van der Waals surface area contributed by atoms with Crippen molar-refractivity contribution in [3.8, 4) is 0 Å². The van der Waals surface area contributed by atoms with Crippen LogP contribution in [0.4, 0.5) is 0 Å². The number of hydrogen-bond acceptors (Lipinski definition) is 2. The van der Waals surface area contributed by atoms with E-state index in [4.69, 9.17) is 0 Å². The number of hydrogen-bond donors (Lipinski definition) is 1. The third-order valence-corrected chi connectivity index (χ3v) is 5.88. The van der Waals surface area contributed by atoms with Crippen molar-refractivity contribution in [3.05, 3.63) is 30.3 Å². The summed E-state index contributed by atoms with van der Waals surface area (Å²) in [5.74, 6) is 0.846. The number of benzene rings is 1. The Morgan fingerprint density at radius 1 is 1.15 bits per heavy atom. The van der Waals surface area contributed by atoms with Gasteiger partial charge in [0.2, 0.25) is 0 Å². The highest BCUT2D eigenvalue weighted by Gasteiger charge is 2.35. The Balaban J connectivity index is 2.07. The van der Waals surface area contributed by atoms with Gasteiger partial charge in [0.05, 0.1) is 0 Å². The van der Waals surface area contributed by atoms with Crippen molar-refractivity contribution in [3.63, 3.8) is 0 Å². The molecule has 1 fully saturated rings. The minimum Gasteiger partial charge on any atom is -0.313 e. The first kappa shape index (κ1) is 15.9. The molecule has 0 spiro atoms. The van der Waals surface area contributed by atoms with Crippen LogP contribution >= 0.6 is 11.8 Å². The maximum Gasteiger partial charge on any atom is 0.0251 e. The number of rotatable bonds is 4. The molecular weight excluding hydrogens is 262 g/mol. The summed E-state index contributed by atoms with van der Waals surface area (Å²) >= 11 is 2.07. The van der Waals surface area contributed by atoms with Crippen LogP contribution in [0.2, 0.25) is 0 Å². The van der Waals surface area contributed by atoms with Crippen LogP contribution in [-0.2, 0) is 0 Å². The van der Waals surface area contributed by atoms with E-state index in [2.05, 4.69) is 75.1 Å². The molecule has 2 heteroatoms. The summed E-state index contributed by atoms with van der Waals surface area (Å²) in [6.45, 7) is 10.5. The maximum absolute atomic E-state index is 3.71. The van der Waals surface area contributed by atoms with E-state index in [0.29, 0.717) is 16.7 Å². The summed E-state index contributed by atoms with van der Waals surface area (Å²) in [6, 6.07) is 11.6. The third-order valence-electron chi connectivity index (χ3n) is 4.51. The van der Waals surface area contributed by atoms with Crippen molar-refractivity contribution < 1.29 is 0 Å². The molecule has 0 aromatic heterocycles. The van der Waals surface area contributed by atoms with Gasteiger partial charge < -0.3 is 5.32 Å². The van der Waals surface area contributed by atoms with Crippen molar-refractivity contribution in [2.75, 3.05) is 6.54 Å². The normalized spacial score (nSPS) is 27.5. The van der Waals surface area contributed by atoms with E-state index < -0.39 is 0 Å². The molecule has 3 atom stereocenters. The fourth-order valence-corrected chi connectivity index (χ4v) is 4.60. The lowest BCUT2D eigenvalue weighted by atomic mass is 9.71. The number of nitrogens with one attached hydrogen (secondary N) is 1. The maximum atomic E-state index is 3.71. The second kappa shape index (κ2) is 7.00. The van der Waals surface area contributed by atoms with Crippen LogP contribution in [0.1, 0.15) is 47.0 Å². The van der Waals surface area contributed by atoms with E-state index in [1.807, 2.05) is 0 Å². The Kier molecular flexibility index (Phi) is 5.57. The predicted molar refractivity (Wildman–Crippen MR) is 90.3 cm³/mol. The largest absolute Gasteiger partial charge is 0.313 e. The first-order chi connectivity index (χ1) is 9.50. The molecule has 1 saturated carbocycles. The lowest BCUT2D eigenvalue weighted by molar-refractivity contribution is 0.165. The molecule has 0 radical (unpaired) electrons. The molecule has 112 valence electrons. The smallest absolute Gasteiger partial charge is 0.0251 e. The summed E-state index contributed by atoms with van der Waals surface area (Å²) in [7, 11) is 0. The molecule has 1 nitrogen and oxygen atoms in total. The highest BCUT2D eigenvalue weighted by molar-refractivity contribution is 8.00. The van der Waals surface area contributed by atoms with E-state index in [1.165, 1.54) is 24.2 Å². The molecule has 0 heterocycles. The highest BCUT2D eigenvalue weighted by Crippen LogP contribution is 2.43. The standard InChI is InChI=1S/C18H29NS/c1-5-19-16-12-11-14(18(2,3)4)13-17(16)20-15-9-7-6-8-10-15/h6-10,14,16-17,19H,5,11-13H2,1-4H3. The summed E-state index contributed by atoms with van der Waals surface area (Å²) in [6.07, 6.45) is 4.02. The zero-order chi connectivity index (χ0) is 14.6. The molecule has 2 rings (SSSR count). The Labute approximate surface area is 128 Å². The summed E-state index contributed by atoms with van der Waals surface area (Å²) < 4.78 is 0. The van der Waals surface area contributed by atoms with Crippen LogP contribution < -0.4 is 5.32 Å². The van der Waals surface area contributed by atoms with Gasteiger partial charge in [0.25, 0.3) is 0 Å². The van der Waals surface area contributed by atoms with Crippen molar-refractivity contribution in [2.45, 2.75) is 63.1 Å². The fraction of sp³-hybridized carbons (Fsp3) is 0.667. The zero-order valence-corrected chi connectivity index (χ0v) is 14.2. The van der Waals surface area contributed by atoms with Crippen molar-refractivity contribution in [1.29, 1.82) is 0 Å². The van der Waals surface area contributed by atoms with Gasteiger partial charge in [-0.05, 0) is 49.3 Å². The molecule has 1 N–H and O–H groups in total. The molecule has 0 amide bonds. The Bertz CT molecular complexity index is 396. The molecule has 1 aromatic carbocycles. The lowest BCUT2D eigenvalue weighted by Gasteiger charge is -2.42. The van der Waals surface area contributed by atoms with Gasteiger partial charge in [0.15, 0.2) is 0 Å². The minimum absolute atomic E-state index is 0.437. The molecular formula is C18H29NS. The molecule has 20 heavy (non-hydrogen) atoms. The minimum atomic E-state index is 0.437. The second-order valence-electron chi connectivity index (χ2n) is 7.01. The molecule has 3 unspecified atom stereocenters. The van der Waals surface area contributed by atoms with Crippen LogP contribution in [0.3, 0.4) is 0 Å². The predicted octanol–water partition coefficient (Wildman–Crippen LogP) is 4.97. The quantitative estimate of drug-likeness (QED) is 0.840. The summed E-state index contributed by atoms with van der Waals surface area (Å²) in [5.41, 5.74) is 0.437. The van der Waals surface area contributed by atoms with Gasteiger partial charge in [-0.1, -0.05) is 45.9 Å². The molecule has 1 aliphatic carbocycles. The Morgan fingerprint density at radius 3 is 2.45 bits per heavy atom. The zero-order valence-electron chi connectivity index (χ0n) is 13.4. The molecule has 1 aromatic rings. The van der Waals surface area contributed by atoms with Crippen LogP contribution in [0, 0.1) is 11.3 Å². The third kappa shape index (κ3) is 4.26.